The lowest BCUT2D eigenvalue weighted by Crippen LogP contribution is -2.33. The summed E-state index contributed by atoms with van der Waals surface area (Å²) in [7, 11) is 0. The zero-order valence-corrected chi connectivity index (χ0v) is 17.3. The number of non-ortho nitro benzene ring substituents is 1. The number of carbonyl (C=O) groups is 1. The Balaban J connectivity index is 2.07. The molecule has 1 aromatic carbocycles. The van der Waals surface area contributed by atoms with Gasteiger partial charge in [0, 0.05) is 36.4 Å². The fourth-order valence-corrected chi connectivity index (χ4v) is 2.53. The molecule has 0 spiro atoms. The van der Waals surface area contributed by atoms with Crippen LogP contribution in [0.15, 0.2) is 71.6 Å². The predicted molar refractivity (Wildman–Crippen MR) is 119 cm³/mol. The summed E-state index contributed by atoms with van der Waals surface area (Å²) in [4.78, 5) is 40.5. The van der Waals surface area contributed by atoms with Crippen molar-refractivity contribution in [3.8, 4) is 0 Å². The lowest BCUT2D eigenvalue weighted by atomic mass is 10.1. The number of hydrazine groups is 1. The Hall–Kier alpha value is -4.41. The molecule has 11 nitrogen and oxygen atoms in total. The average Bonchev–Trinajstić information content (AvgIpc) is 2.79. The summed E-state index contributed by atoms with van der Waals surface area (Å²) in [6, 6.07) is 6.44. The van der Waals surface area contributed by atoms with E-state index in [1.807, 2.05) is 0 Å². The van der Waals surface area contributed by atoms with E-state index in [1.165, 1.54) is 24.7 Å². The highest BCUT2D eigenvalue weighted by atomic mass is 16.6. The Kier molecular flexibility index (Phi) is 9.19. The van der Waals surface area contributed by atoms with Gasteiger partial charge in [0.05, 0.1) is 15.9 Å². The first-order valence-electron chi connectivity index (χ1n) is 9.71. The van der Waals surface area contributed by atoms with Crippen LogP contribution in [-0.4, -0.2) is 27.0 Å². The smallest absolute Gasteiger partial charge is 0.301 e. The standard InChI is InChI=1S/C21H22N6O5/c1-2-3-5-16(15-24-25-21(28)17-9-12-22-13-10-17)6-4-11-23-19-8-7-18(26(29)30)14-20(19)27(31)32/h4,6-15,24H,2-3,5H2,1H3,(H,25,28)/b6-4-,16-15+,23-11?. The number of amides is 1. The number of aliphatic imine (C=N–C) groups is 1. The lowest BCUT2D eigenvalue weighted by Gasteiger charge is -2.06. The summed E-state index contributed by atoms with van der Waals surface area (Å²) >= 11 is 0. The fraction of sp³-hybridized carbons (Fsp3) is 0.190. The molecular formula is C21H22N6O5. The topological polar surface area (TPSA) is 153 Å². The molecule has 0 bridgehead atoms. The molecule has 0 aliphatic rings. The Labute approximate surface area is 183 Å². The number of pyridine rings is 1. The van der Waals surface area contributed by atoms with Gasteiger partial charge < -0.3 is 5.43 Å². The number of aromatic nitrogens is 1. The van der Waals surface area contributed by atoms with E-state index in [1.54, 1.807) is 30.5 Å². The van der Waals surface area contributed by atoms with Crippen LogP contribution in [0.25, 0.3) is 0 Å². The van der Waals surface area contributed by atoms with Gasteiger partial charge >= 0.3 is 5.69 Å². The highest BCUT2D eigenvalue weighted by Gasteiger charge is 2.18. The predicted octanol–water partition coefficient (Wildman–Crippen LogP) is 4.17. The minimum atomic E-state index is -0.717. The van der Waals surface area contributed by atoms with Crippen molar-refractivity contribution in [2.75, 3.05) is 0 Å². The zero-order valence-electron chi connectivity index (χ0n) is 17.3. The molecule has 166 valence electrons. The van der Waals surface area contributed by atoms with E-state index in [0.717, 1.165) is 37.0 Å². The Bertz CT molecular complexity index is 1050. The van der Waals surface area contributed by atoms with E-state index in [4.69, 9.17) is 0 Å². The number of nitro benzene ring substituents is 2. The van der Waals surface area contributed by atoms with Crippen molar-refractivity contribution in [2.24, 2.45) is 4.99 Å². The highest BCUT2D eigenvalue weighted by Crippen LogP contribution is 2.30. The van der Waals surface area contributed by atoms with Crippen molar-refractivity contribution in [3.63, 3.8) is 0 Å². The van der Waals surface area contributed by atoms with Crippen molar-refractivity contribution >= 4 is 29.2 Å². The van der Waals surface area contributed by atoms with Gasteiger partial charge in [0.15, 0.2) is 0 Å². The van der Waals surface area contributed by atoms with Crippen LogP contribution in [0.1, 0.15) is 36.5 Å². The van der Waals surface area contributed by atoms with Gasteiger partial charge in [-0.1, -0.05) is 19.4 Å². The first kappa shape index (κ1) is 23.9. The highest BCUT2D eigenvalue weighted by molar-refractivity contribution is 5.93. The number of nitrogens with zero attached hydrogens (tertiary/aromatic N) is 4. The molecule has 1 aromatic heterocycles. The van der Waals surface area contributed by atoms with E-state index < -0.39 is 15.5 Å². The summed E-state index contributed by atoms with van der Waals surface area (Å²) in [6.07, 6.45) is 12.0. The van der Waals surface area contributed by atoms with E-state index in [-0.39, 0.29) is 17.3 Å². The second-order valence-electron chi connectivity index (χ2n) is 6.48. The van der Waals surface area contributed by atoms with Crippen LogP contribution in [0, 0.1) is 20.2 Å². The SMILES string of the molecule is CCCCC(/C=C\C=Nc1ccc([N+](=O)[O-])cc1[N+](=O)[O-])=C\NNC(=O)c1ccncc1. The van der Waals surface area contributed by atoms with Crippen molar-refractivity contribution < 1.29 is 14.6 Å². The van der Waals surface area contributed by atoms with Gasteiger partial charge in [0.2, 0.25) is 0 Å². The van der Waals surface area contributed by atoms with Crippen LogP contribution in [0.3, 0.4) is 0 Å². The quantitative estimate of drug-likeness (QED) is 0.231. The molecule has 0 unspecified atom stereocenters. The molecule has 0 aliphatic carbocycles. The number of unbranched alkanes of at least 4 members (excludes halogenated alkanes) is 1. The summed E-state index contributed by atoms with van der Waals surface area (Å²) in [6.45, 7) is 2.05. The number of nitrogens with one attached hydrogen (secondary N) is 2. The van der Waals surface area contributed by atoms with E-state index in [2.05, 4.69) is 27.8 Å². The Morgan fingerprint density at radius 3 is 2.56 bits per heavy atom. The Morgan fingerprint density at radius 1 is 1.16 bits per heavy atom. The lowest BCUT2D eigenvalue weighted by molar-refractivity contribution is -0.393. The van der Waals surface area contributed by atoms with Crippen LogP contribution in [0.4, 0.5) is 17.1 Å². The third-order valence-electron chi connectivity index (χ3n) is 4.18. The number of hydrogen-bond donors (Lipinski definition) is 2. The summed E-state index contributed by atoms with van der Waals surface area (Å²) in [5, 5.41) is 22.0. The van der Waals surface area contributed by atoms with E-state index in [9.17, 15) is 25.0 Å². The molecule has 2 N–H and O–H groups in total. The van der Waals surface area contributed by atoms with E-state index >= 15 is 0 Å². The zero-order chi connectivity index (χ0) is 23.3. The van der Waals surface area contributed by atoms with Gasteiger partial charge in [-0.25, -0.2) is 4.99 Å². The average molecular weight is 438 g/mol. The molecule has 32 heavy (non-hydrogen) atoms. The van der Waals surface area contributed by atoms with Gasteiger partial charge in [-0.05, 0) is 42.7 Å². The second kappa shape index (κ2) is 12.3. The molecule has 0 aliphatic heterocycles. The van der Waals surface area contributed by atoms with Crippen molar-refractivity contribution in [2.45, 2.75) is 26.2 Å². The maximum Gasteiger partial charge on any atom is 0.301 e. The number of benzene rings is 1. The minimum Gasteiger partial charge on any atom is -0.305 e. The van der Waals surface area contributed by atoms with Crippen molar-refractivity contribution in [1.82, 2.24) is 15.8 Å². The molecule has 0 saturated heterocycles. The van der Waals surface area contributed by atoms with Crippen LogP contribution >= 0.6 is 0 Å². The molecular weight excluding hydrogens is 416 g/mol. The first-order chi connectivity index (χ1) is 15.4. The van der Waals surface area contributed by atoms with Crippen LogP contribution in [-0.2, 0) is 0 Å². The summed E-state index contributed by atoms with van der Waals surface area (Å²) in [5.74, 6) is -0.311. The molecule has 1 amide bonds. The Morgan fingerprint density at radius 2 is 1.91 bits per heavy atom. The third kappa shape index (κ3) is 7.44. The molecule has 1 heterocycles. The molecule has 0 fully saturated rings. The van der Waals surface area contributed by atoms with Gasteiger partial charge in [0.1, 0.15) is 5.69 Å². The largest absolute Gasteiger partial charge is 0.305 e. The van der Waals surface area contributed by atoms with Gasteiger partial charge in [-0.3, -0.25) is 35.4 Å². The first-order valence-corrected chi connectivity index (χ1v) is 9.71. The molecule has 11 heteroatoms. The van der Waals surface area contributed by atoms with Gasteiger partial charge in [0.25, 0.3) is 11.6 Å². The van der Waals surface area contributed by atoms with Gasteiger partial charge in [-0.2, -0.15) is 0 Å². The number of carbonyl (C=O) groups excluding carboxylic acids is 1. The summed E-state index contributed by atoms with van der Waals surface area (Å²) < 4.78 is 0. The van der Waals surface area contributed by atoms with Crippen molar-refractivity contribution in [3.05, 3.63) is 92.4 Å². The second-order valence-corrected chi connectivity index (χ2v) is 6.48. The molecule has 2 aromatic rings. The third-order valence-corrected chi connectivity index (χ3v) is 4.18. The molecule has 0 atom stereocenters. The number of rotatable bonds is 11. The maximum absolute atomic E-state index is 12.0. The van der Waals surface area contributed by atoms with Crippen LogP contribution in [0.2, 0.25) is 0 Å². The minimum absolute atomic E-state index is 0.00655. The normalized spacial score (nSPS) is 11.6. The number of hydrogen-bond acceptors (Lipinski definition) is 8. The monoisotopic (exact) mass is 438 g/mol. The summed E-state index contributed by atoms with van der Waals surface area (Å²) in [5.41, 5.74) is 5.83. The number of nitro groups is 2. The van der Waals surface area contributed by atoms with Crippen molar-refractivity contribution in [1.29, 1.82) is 0 Å². The fourth-order valence-electron chi connectivity index (χ4n) is 2.53. The molecule has 0 radical (unpaired) electrons. The van der Waals surface area contributed by atoms with Crippen LogP contribution in [0.5, 0.6) is 0 Å². The molecule has 0 saturated carbocycles. The van der Waals surface area contributed by atoms with Crippen LogP contribution < -0.4 is 10.9 Å². The van der Waals surface area contributed by atoms with Gasteiger partial charge in [-0.15, -0.1) is 0 Å². The maximum atomic E-state index is 12.0. The van der Waals surface area contributed by atoms with E-state index in [0.29, 0.717) is 5.56 Å². The molecule has 2 rings (SSSR count). The number of allylic oxidation sites excluding steroid dienone is 3.